The summed E-state index contributed by atoms with van der Waals surface area (Å²) in [5.41, 5.74) is 0.834. The molecule has 0 unspecified atom stereocenters. The molecule has 10 heteroatoms. The van der Waals surface area contributed by atoms with Gasteiger partial charge in [-0.05, 0) is 18.6 Å². The van der Waals surface area contributed by atoms with E-state index >= 15 is 0 Å². The fourth-order valence-electron chi connectivity index (χ4n) is 2.09. The van der Waals surface area contributed by atoms with Gasteiger partial charge < -0.3 is 4.57 Å². The van der Waals surface area contributed by atoms with Crippen molar-refractivity contribution in [2.75, 3.05) is 6.26 Å². The third kappa shape index (κ3) is 2.97. The molecule has 3 aromatic rings. The molecule has 0 bridgehead atoms. The molecule has 0 fully saturated rings. The lowest BCUT2D eigenvalue weighted by Crippen LogP contribution is -2.21. The van der Waals surface area contributed by atoms with E-state index in [-0.39, 0.29) is 10.9 Å². The highest BCUT2D eigenvalue weighted by Gasteiger charge is 2.18. The van der Waals surface area contributed by atoms with E-state index in [0.717, 1.165) is 16.3 Å². The largest absolute Gasteiger partial charge is 0.312 e. The molecule has 0 aliphatic carbocycles. The molecule has 8 nitrogen and oxygen atoms in total. The third-order valence-electron chi connectivity index (χ3n) is 3.18. The molecule has 3 heterocycles. The summed E-state index contributed by atoms with van der Waals surface area (Å²) in [6, 6.07) is 3.43. The summed E-state index contributed by atoms with van der Waals surface area (Å²) in [6.45, 7) is 1.97. The third-order valence-corrected chi connectivity index (χ3v) is 4.24. The van der Waals surface area contributed by atoms with Crippen LogP contribution < -0.4 is 5.56 Å². The molecular formula is C13H12ClN5O3S. The van der Waals surface area contributed by atoms with Crippen LogP contribution in [0.1, 0.15) is 11.1 Å². The van der Waals surface area contributed by atoms with Crippen molar-refractivity contribution in [3.63, 3.8) is 0 Å². The van der Waals surface area contributed by atoms with Crippen LogP contribution in [0, 0.1) is 6.92 Å². The Bertz CT molecular complexity index is 1050. The number of halogens is 1. The summed E-state index contributed by atoms with van der Waals surface area (Å²) in [4.78, 5) is 20.1. The minimum Gasteiger partial charge on any atom is -0.312 e. The molecule has 0 aliphatic rings. The smallest absolute Gasteiger partial charge is 0.278 e. The van der Waals surface area contributed by atoms with Crippen LogP contribution in [-0.4, -0.2) is 38.8 Å². The summed E-state index contributed by atoms with van der Waals surface area (Å²) in [7, 11) is -3.61. The minimum absolute atomic E-state index is 0.149. The van der Waals surface area contributed by atoms with Crippen LogP contribution in [0.25, 0.3) is 5.78 Å². The standard InChI is InChI=1S/C13H12ClN5O3S/c1-8-6-18(7-9-3-4-10(14)15-5-9)13-16-12(23(2,21)22)17-19(13)11(8)20/h3-6H,7H2,1-2H3. The first kappa shape index (κ1) is 15.6. The molecule has 0 aromatic carbocycles. The lowest BCUT2D eigenvalue weighted by molar-refractivity contribution is 0.592. The van der Waals surface area contributed by atoms with E-state index in [0.29, 0.717) is 17.3 Å². The van der Waals surface area contributed by atoms with Gasteiger partial charge >= 0.3 is 0 Å². The van der Waals surface area contributed by atoms with Gasteiger partial charge in [0.15, 0.2) is 0 Å². The fraction of sp³-hybridized carbons (Fsp3) is 0.231. The van der Waals surface area contributed by atoms with Crippen LogP contribution in [0.15, 0.2) is 34.5 Å². The van der Waals surface area contributed by atoms with Crippen LogP contribution in [0.5, 0.6) is 0 Å². The van der Waals surface area contributed by atoms with Crippen LogP contribution in [0.3, 0.4) is 0 Å². The number of hydrogen-bond acceptors (Lipinski definition) is 6. The summed E-state index contributed by atoms with van der Waals surface area (Å²) >= 11 is 5.76. The first-order valence-corrected chi connectivity index (χ1v) is 8.80. The molecule has 0 radical (unpaired) electrons. The Morgan fingerprint density at radius 1 is 1.30 bits per heavy atom. The number of aromatic nitrogens is 5. The lowest BCUT2D eigenvalue weighted by atomic mass is 10.3. The van der Waals surface area contributed by atoms with Gasteiger partial charge in [-0.2, -0.15) is 9.50 Å². The molecule has 0 saturated heterocycles. The van der Waals surface area contributed by atoms with Crippen molar-refractivity contribution in [3.05, 3.63) is 51.2 Å². The highest BCUT2D eigenvalue weighted by Crippen LogP contribution is 2.11. The van der Waals surface area contributed by atoms with Gasteiger partial charge in [0.25, 0.3) is 10.7 Å². The van der Waals surface area contributed by atoms with Crippen molar-refractivity contribution >= 4 is 27.2 Å². The van der Waals surface area contributed by atoms with Crippen molar-refractivity contribution in [3.8, 4) is 0 Å². The maximum atomic E-state index is 12.1. The zero-order chi connectivity index (χ0) is 16.8. The number of aryl methyl sites for hydroxylation is 1. The maximum Gasteiger partial charge on any atom is 0.278 e. The van der Waals surface area contributed by atoms with E-state index in [9.17, 15) is 13.2 Å². The maximum absolute atomic E-state index is 12.1. The van der Waals surface area contributed by atoms with E-state index in [2.05, 4.69) is 15.1 Å². The molecule has 0 atom stereocenters. The predicted molar refractivity (Wildman–Crippen MR) is 83.4 cm³/mol. The van der Waals surface area contributed by atoms with Crippen LogP contribution in [-0.2, 0) is 16.4 Å². The summed E-state index contributed by atoms with van der Waals surface area (Å²) < 4.78 is 25.9. The van der Waals surface area contributed by atoms with Crippen LogP contribution in [0.2, 0.25) is 5.15 Å². The van der Waals surface area contributed by atoms with Gasteiger partial charge in [0, 0.05) is 24.2 Å². The topological polar surface area (TPSA) is 99.2 Å². The van der Waals surface area contributed by atoms with E-state index < -0.39 is 15.4 Å². The minimum atomic E-state index is -3.61. The zero-order valence-corrected chi connectivity index (χ0v) is 13.8. The van der Waals surface area contributed by atoms with Gasteiger partial charge in [-0.1, -0.05) is 17.7 Å². The van der Waals surface area contributed by atoms with E-state index in [1.165, 1.54) is 0 Å². The number of hydrogen-bond donors (Lipinski definition) is 0. The fourth-order valence-corrected chi connectivity index (χ4v) is 2.68. The molecular weight excluding hydrogens is 342 g/mol. The highest BCUT2D eigenvalue weighted by molar-refractivity contribution is 7.90. The van der Waals surface area contributed by atoms with Gasteiger partial charge in [-0.25, -0.2) is 13.4 Å². The Kier molecular flexibility index (Phi) is 3.69. The molecule has 0 spiro atoms. The molecule has 0 amide bonds. The van der Waals surface area contributed by atoms with Crippen molar-refractivity contribution in [2.45, 2.75) is 18.6 Å². The second kappa shape index (κ2) is 5.43. The van der Waals surface area contributed by atoms with E-state index in [4.69, 9.17) is 11.6 Å². The Hall–Kier alpha value is -2.26. The molecule has 3 aromatic heterocycles. The van der Waals surface area contributed by atoms with Crippen molar-refractivity contribution in [1.29, 1.82) is 0 Å². The summed E-state index contributed by atoms with van der Waals surface area (Å²) in [5.74, 6) is 0.149. The predicted octanol–water partition coefficient (Wildman–Crippen LogP) is 0.700. The first-order chi connectivity index (χ1) is 10.8. The Morgan fingerprint density at radius 3 is 2.65 bits per heavy atom. The highest BCUT2D eigenvalue weighted by atomic mass is 35.5. The molecule has 0 N–H and O–H groups in total. The van der Waals surface area contributed by atoms with Gasteiger partial charge in [0.2, 0.25) is 15.6 Å². The van der Waals surface area contributed by atoms with Crippen LogP contribution in [0.4, 0.5) is 0 Å². The van der Waals surface area contributed by atoms with Crippen molar-refractivity contribution in [1.82, 2.24) is 24.1 Å². The van der Waals surface area contributed by atoms with Crippen LogP contribution >= 0.6 is 11.6 Å². The molecule has 0 saturated carbocycles. The summed E-state index contributed by atoms with van der Waals surface area (Å²) in [5, 5.41) is 3.79. The van der Waals surface area contributed by atoms with Crippen molar-refractivity contribution in [2.24, 2.45) is 0 Å². The first-order valence-electron chi connectivity index (χ1n) is 6.53. The van der Waals surface area contributed by atoms with E-state index in [1.807, 2.05) is 0 Å². The van der Waals surface area contributed by atoms with Gasteiger partial charge in [-0.15, -0.1) is 5.10 Å². The normalized spacial score (nSPS) is 12.0. The second-order valence-electron chi connectivity index (χ2n) is 5.11. The summed E-state index contributed by atoms with van der Waals surface area (Å²) in [6.07, 6.45) is 4.19. The quantitative estimate of drug-likeness (QED) is 0.643. The Balaban J connectivity index is 2.20. The number of nitrogens with zero attached hydrogens (tertiary/aromatic N) is 5. The van der Waals surface area contributed by atoms with E-state index in [1.54, 1.807) is 36.0 Å². The molecule has 120 valence electrons. The lowest BCUT2D eigenvalue weighted by Gasteiger charge is -2.08. The van der Waals surface area contributed by atoms with Gasteiger partial charge in [-0.3, -0.25) is 4.79 Å². The number of pyridine rings is 1. The Morgan fingerprint density at radius 2 is 2.04 bits per heavy atom. The van der Waals surface area contributed by atoms with Crippen molar-refractivity contribution < 1.29 is 8.42 Å². The second-order valence-corrected chi connectivity index (χ2v) is 7.41. The average molecular weight is 354 g/mol. The van der Waals surface area contributed by atoms with Gasteiger partial charge in [0.1, 0.15) is 5.15 Å². The monoisotopic (exact) mass is 353 g/mol. The molecule has 23 heavy (non-hydrogen) atoms. The zero-order valence-electron chi connectivity index (χ0n) is 12.3. The Labute approximate surface area is 136 Å². The number of sulfone groups is 1. The average Bonchev–Trinajstić information content (AvgIpc) is 2.92. The SMILES string of the molecule is Cc1cn(Cc2ccc(Cl)nc2)c2nc(S(C)(=O)=O)nn2c1=O. The number of rotatable bonds is 3. The molecule has 3 rings (SSSR count). The molecule has 0 aliphatic heterocycles. The number of fused-ring (bicyclic) bond motifs is 1. The van der Waals surface area contributed by atoms with Gasteiger partial charge in [0.05, 0.1) is 6.54 Å².